The first kappa shape index (κ1) is 8.95. The van der Waals surface area contributed by atoms with Gasteiger partial charge in [0.1, 0.15) is 0 Å². The summed E-state index contributed by atoms with van der Waals surface area (Å²) in [6, 6.07) is 0. The van der Waals surface area contributed by atoms with Crippen molar-refractivity contribution in [3.63, 3.8) is 0 Å². The smallest absolute Gasteiger partial charge is 0.333 e. The highest BCUT2D eigenvalue weighted by atomic mass is 16.5. The van der Waals surface area contributed by atoms with E-state index in [1.165, 1.54) is 7.11 Å². The van der Waals surface area contributed by atoms with Crippen molar-refractivity contribution in [2.24, 2.45) is 5.92 Å². The Morgan fingerprint density at radius 1 is 1.70 bits per heavy atom. The van der Waals surface area contributed by atoms with Gasteiger partial charge in [0.05, 0.1) is 7.11 Å². The maximum atomic E-state index is 10.7. The molecular formula is C8H12O2. The number of hydrogen-bond acceptors (Lipinski definition) is 2. The summed E-state index contributed by atoms with van der Waals surface area (Å²) in [7, 11) is 1.34. The SMILES string of the molecule is C=CC(C)C(=C)C(=O)OC. The van der Waals surface area contributed by atoms with Crippen LogP contribution in [0.15, 0.2) is 24.8 Å². The van der Waals surface area contributed by atoms with Gasteiger partial charge in [0.2, 0.25) is 0 Å². The normalized spacial score (nSPS) is 11.8. The largest absolute Gasteiger partial charge is 0.466 e. The fourth-order valence-electron chi connectivity index (χ4n) is 0.459. The molecule has 0 amide bonds. The van der Waals surface area contributed by atoms with Crippen LogP contribution in [0.3, 0.4) is 0 Å². The van der Waals surface area contributed by atoms with Crippen molar-refractivity contribution in [1.82, 2.24) is 0 Å². The number of esters is 1. The van der Waals surface area contributed by atoms with E-state index in [0.29, 0.717) is 5.57 Å². The Morgan fingerprint density at radius 2 is 2.20 bits per heavy atom. The molecule has 56 valence electrons. The third kappa shape index (κ3) is 2.05. The number of carbonyl (C=O) groups excluding carboxylic acids is 1. The predicted molar refractivity (Wildman–Crippen MR) is 40.5 cm³/mol. The Labute approximate surface area is 61.2 Å². The van der Waals surface area contributed by atoms with Crippen LogP contribution in [-0.2, 0) is 9.53 Å². The molecule has 0 aromatic heterocycles. The van der Waals surface area contributed by atoms with Crippen LogP contribution >= 0.6 is 0 Å². The number of methoxy groups -OCH3 is 1. The van der Waals surface area contributed by atoms with Gasteiger partial charge in [-0.25, -0.2) is 4.79 Å². The Bertz CT molecular complexity index is 159. The van der Waals surface area contributed by atoms with Gasteiger partial charge in [0.25, 0.3) is 0 Å². The molecule has 2 heteroatoms. The number of carbonyl (C=O) groups is 1. The molecule has 1 unspecified atom stereocenters. The van der Waals surface area contributed by atoms with E-state index in [-0.39, 0.29) is 11.9 Å². The first-order valence-corrected chi connectivity index (χ1v) is 3.03. The summed E-state index contributed by atoms with van der Waals surface area (Å²) in [5, 5.41) is 0. The van der Waals surface area contributed by atoms with Gasteiger partial charge in [0.15, 0.2) is 0 Å². The number of allylic oxidation sites excluding steroid dienone is 1. The molecule has 2 nitrogen and oxygen atoms in total. The second-order valence-electron chi connectivity index (χ2n) is 2.04. The molecule has 0 radical (unpaired) electrons. The van der Waals surface area contributed by atoms with E-state index in [0.717, 1.165) is 0 Å². The van der Waals surface area contributed by atoms with E-state index in [1.54, 1.807) is 6.08 Å². The minimum absolute atomic E-state index is 0.00699. The minimum atomic E-state index is -0.368. The number of rotatable bonds is 3. The second kappa shape index (κ2) is 3.88. The van der Waals surface area contributed by atoms with Crippen LogP contribution < -0.4 is 0 Å². The van der Waals surface area contributed by atoms with Crippen molar-refractivity contribution in [1.29, 1.82) is 0 Å². The zero-order valence-corrected chi connectivity index (χ0v) is 6.39. The summed E-state index contributed by atoms with van der Waals surface area (Å²) in [5.74, 6) is -0.375. The Hall–Kier alpha value is -1.05. The summed E-state index contributed by atoms with van der Waals surface area (Å²) >= 11 is 0. The van der Waals surface area contributed by atoms with Gasteiger partial charge >= 0.3 is 5.97 Å². The van der Waals surface area contributed by atoms with Gasteiger partial charge in [-0.1, -0.05) is 19.6 Å². The molecule has 0 rings (SSSR count). The molecule has 0 spiro atoms. The topological polar surface area (TPSA) is 26.3 Å². The molecule has 0 saturated carbocycles. The second-order valence-corrected chi connectivity index (χ2v) is 2.04. The molecule has 0 N–H and O–H groups in total. The van der Waals surface area contributed by atoms with Gasteiger partial charge in [-0.3, -0.25) is 0 Å². The van der Waals surface area contributed by atoms with E-state index in [2.05, 4.69) is 17.9 Å². The highest BCUT2D eigenvalue weighted by Gasteiger charge is 2.10. The molecule has 0 heterocycles. The first-order chi connectivity index (χ1) is 4.63. The van der Waals surface area contributed by atoms with Crippen LogP contribution in [0.25, 0.3) is 0 Å². The summed E-state index contributed by atoms with van der Waals surface area (Å²) in [6.07, 6.45) is 1.65. The molecule has 0 bridgehead atoms. The van der Waals surface area contributed by atoms with Crippen molar-refractivity contribution in [2.75, 3.05) is 7.11 Å². The van der Waals surface area contributed by atoms with Gasteiger partial charge in [-0.2, -0.15) is 0 Å². The molecule has 0 aromatic rings. The standard InChI is InChI=1S/C8H12O2/c1-5-6(2)7(3)8(9)10-4/h5-6H,1,3H2,2,4H3. The Kier molecular flexibility index (Phi) is 3.47. The molecule has 0 aliphatic heterocycles. The molecule has 0 aromatic carbocycles. The summed E-state index contributed by atoms with van der Waals surface area (Å²) < 4.78 is 4.45. The lowest BCUT2D eigenvalue weighted by molar-refractivity contribution is -0.136. The van der Waals surface area contributed by atoms with Gasteiger partial charge < -0.3 is 4.74 Å². The first-order valence-electron chi connectivity index (χ1n) is 3.03. The monoisotopic (exact) mass is 140 g/mol. The van der Waals surface area contributed by atoms with Gasteiger partial charge in [-0.15, -0.1) is 6.58 Å². The van der Waals surface area contributed by atoms with Crippen LogP contribution in [0, 0.1) is 5.92 Å². The lowest BCUT2D eigenvalue weighted by Crippen LogP contribution is -2.08. The number of hydrogen-bond donors (Lipinski definition) is 0. The average Bonchev–Trinajstić information content (AvgIpc) is 2.00. The Morgan fingerprint density at radius 3 is 2.50 bits per heavy atom. The average molecular weight is 140 g/mol. The number of ether oxygens (including phenoxy) is 1. The molecule has 0 aliphatic rings. The zero-order chi connectivity index (χ0) is 8.15. The van der Waals surface area contributed by atoms with Crippen LogP contribution in [0.2, 0.25) is 0 Å². The van der Waals surface area contributed by atoms with Crippen molar-refractivity contribution in [3.8, 4) is 0 Å². The summed E-state index contributed by atoms with van der Waals surface area (Å²) in [6.45, 7) is 8.92. The summed E-state index contributed by atoms with van der Waals surface area (Å²) in [4.78, 5) is 10.7. The van der Waals surface area contributed by atoms with Crippen molar-refractivity contribution < 1.29 is 9.53 Å². The maximum Gasteiger partial charge on any atom is 0.333 e. The van der Waals surface area contributed by atoms with Crippen LogP contribution in [0.1, 0.15) is 6.92 Å². The van der Waals surface area contributed by atoms with E-state index in [9.17, 15) is 4.79 Å². The third-order valence-corrected chi connectivity index (χ3v) is 1.35. The van der Waals surface area contributed by atoms with E-state index < -0.39 is 0 Å². The fraction of sp³-hybridized carbons (Fsp3) is 0.375. The quantitative estimate of drug-likeness (QED) is 0.337. The zero-order valence-electron chi connectivity index (χ0n) is 6.39. The van der Waals surface area contributed by atoms with Crippen molar-refractivity contribution in [2.45, 2.75) is 6.92 Å². The highest BCUT2D eigenvalue weighted by molar-refractivity contribution is 5.88. The fourth-order valence-corrected chi connectivity index (χ4v) is 0.459. The highest BCUT2D eigenvalue weighted by Crippen LogP contribution is 2.09. The molecule has 10 heavy (non-hydrogen) atoms. The lowest BCUT2D eigenvalue weighted by Gasteiger charge is -2.06. The van der Waals surface area contributed by atoms with E-state index >= 15 is 0 Å². The minimum Gasteiger partial charge on any atom is -0.466 e. The van der Waals surface area contributed by atoms with E-state index in [1.807, 2.05) is 6.92 Å². The van der Waals surface area contributed by atoms with Crippen molar-refractivity contribution >= 4 is 5.97 Å². The summed E-state index contributed by atoms with van der Waals surface area (Å²) in [5.41, 5.74) is 0.442. The predicted octanol–water partition coefficient (Wildman–Crippen LogP) is 1.54. The molecule has 0 fully saturated rings. The van der Waals surface area contributed by atoms with Gasteiger partial charge in [-0.05, 0) is 0 Å². The van der Waals surface area contributed by atoms with Crippen molar-refractivity contribution in [3.05, 3.63) is 24.8 Å². The van der Waals surface area contributed by atoms with Gasteiger partial charge in [0, 0.05) is 11.5 Å². The molecular weight excluding hydrogens is 128 g/mol. The lowest BCUT2D eigenvalue weighted by atomic mass is 10.0. The Balaban J connectivity index is 4.07. The van der Waals surface area contributed by atoms with Crippen LogP contribution in [0.5, 0.6) is 0 Å². The third-order valence-electron chi connectivity index (χ3n) is 1.35. The molecule has 1 atom stereocenters. The maximum absolute atomic E-state index is 10.7. The molecule has 0 saturated heterocycles. The molecule has 0 aliphatic carbocycles. The van der Waals surface area contributed by atoms with Crippen LogP contribution in [-0.4, -0.2) is 13.1 Å². The van der Waals surface area contributed by atoms with E-state index in [4.69, 9.17) is 0 Å². The van der Waals surface area contributed by atoms with Crippen LogP contribution in [0.4, 0.5) is 0 Å².